The summed E-state index contributed by atoms with van der Waals surface area (Å²) in [5.41, 5.74) is 1.62. The summed E-state index contributed by atoms with van der Waals surface area (Å²) in [6, 6.07) is 22.4. The summed E-state index contributed by atoms with van der Waals surface area (Å²) in [6.07, 6.45) is 0.663. The van der Waals surface area contributed by atoms with E-state index in [9.17, 15) is 18.0 Å². The molecule has 0 radical (unpaired) electrons. The monoisotopic (exact) mass is 479 g/mol. The molecule has 2 aliphatic rings. The van der Waals surface area contributed by atoms with Crippen LogP contribution in [0, 0.1) is 0 Å². The number of thioether (sulfide) groups is 1. The van der Waals surface area contributed by atoms with E-state index in [1.165, 1.54) is 35.2 Å². The first-order valence-electron chi connectivity index (χ1n) is 10.4. The van der Waals surface area contributed by atoms with E-state index < -0.39 is 14.9 Å². The zero-order chi connectivity index (χ0) is 23.2. The summed E-state index contributed by atoms with van der Waals surface area (Å²) < 4.78 is 27.5. The highest BCUT2D eigenvalue weighted by atomic mass is 32.2. The van der Waals surface area contributed by atoms with Crippen LogP contribution in [-0.2, 0) is 19.6 Å². The second kappa shape index (κ2) is 7.93. The van der Waals surface area contributed by atoms with Crippen LogP contribution in [0.5, 0.6) is 0 Å². The molecule has 1 N–H and O–H groups in total. The van der Waals surface area contributed by atoms with Crippen molar-refractivity contribution in [2.75, 3.05) is 21.6 Å². The molecule has 1 unspecified atom stereocenters. The van der Waals surface area contributed by atoms with Gasteiger partial charge >= 0.3 is 0 Å². The van der Waals surface area contributed by atoms with Crippen molar-refractivity contribution in [1.82, 2.24) is 0 Å². The summed E-state index contributed by atoms with van der Waals surface area (Å²) >= 11 is 1.36. The summed E-state index contributed by atoms with van der Waals surface area (Å²) in [4.78, 5) is 27.5. The van der Waals surface area contributed by atoms with Gasteiger partial charge in [-0.1, -0.05) is 48.2 Å². The number of anilines is 3. The van der Waals surface area contributed by atoms with Crippen LogP contribution in [0.15, 0.2) is 88.7 Å². The minimum Gasteiger partial charge on any atom is -0.323 e. The minimum atomic E-state index is -3.83. The highest BCUT2D eigenvalue weighted by Crippen LogP contribution is 2.56. The fourth-order valence-electron chi connectivity index (χ4n) is 4.20. The number of sulfonamides is 1. The average molecular weight is 480 g/mol. The van der Waals surface area contributed by atoms with E-state index in [0.717, 1.165) is 10.6 Å². The largest absolute Gasteiger partial charge is 0.323 e. The Kier molecular flexibility index (Phi) is 5.18. The Labute approximate surface area is 196 Å². The fraction of sp³-hybridized carbons (Fsp3) is 0.167. The Morgan fingerprint density at radius 3 is 2.55 bits per heavy atom. The summed E-state index contributed by atoms with van der Waals surface area (Å²) in [6.45, 7) is 0. The molecule has 1 atom stereocenters. The van der Waals surface area contributed by atoms with Gasteiger partial charge in [0.15, 0.2) is 4.87 Å². The number of hydrogen-bond acceptors (Lipinski definition) is 5. The Morgan fingerprint density at radius 2 is 1.76 bits per heavy atom. The van der Waals surface area contributed by atoms with Crippen molar-refractivity contribution in [3.05, 3.63) is 78.9 Å². The highest BCUT2D eigenvalue weighted by molar-refractivity contribution is 8.02. The standard InChI is InChI=1S/C24H21N3O4S2/c1-26(18-9-3-2-4-10-18)33(30,31)19-11-7-8-17(16-19)25-23(29)24-15-14-22(28)27(24)20-12-5-6-13-21(20)32-24/h2-13,16H,14-15H2,1H3,(H,25,29). The molecule has 0 spiro atoms. The van der Waals surface area contributed by atoms with E-state index in [0.29, 0.717) is 17.8 Å². The smallest absolute Gasteiger partial charge is 0.264 e. The summed E-state index contributed by atoms with van der Waals surface area (Å²) in [7, 11) is -2.34. The van der Waals surface area contributed by atoms with Crippen molar-refractivity contribution >= 4 is 50.7 Å². The van der Waals surface area contributed by atoms with Gasteiger partial charge in [-0.15, -0.1) is 0 Å². The number of nitrogens with one attached hydrogen (secondary N) is 1. The van der Waals surface area contributed by atoms with E-state index in [1.807, 2.05) is 30.3 Å². The number of carbonyl (C=O) groups is 2. The first-order chi connectivity index (χ1) is 15.8. The quantitative estimate of drug-likeness (QED) is 0.596. The molecule has 1 fully saturated rings. The number of nitrogens with zero attached hydrogens (tertiary/aromatic N) is 2. The number of carbonyl (C=O) groups excluding carboxylic acids is 2. The van der Waals surface area contributed by atoms with Crippen LogP contribution in [0.25, 0.3) is 0 Å². The van der Waals surface area contributed by atoms with Gasteiger partial charge in [-0.3, -0.25) is 18.8 Å². The summed E-state index contributed by atoms with van der Waals surface area (Å²) in [5, 5.41) is 2.86. The van der Waals surface area contributed by atoms with Crippen molar-refractivity contribution in [3.8, 4) is 0 Å². The lowest BCUT2D eigenvalue weighted by Crippen LogP contribution is -2.49. The van der Waals surface area contributed by atoms with Crippen LogP contribution < -0.4 is 14.5 Å². The van der Waals surface area contributed by atoms with Crippen molar-refractivity contribution in [3.63, 3.8) is 0 Å². The third-order valence-electron chi connectivity index (χ3n) is 5.90. The normalized spacial score (nSPS) is 19.2. The number of rotatable bonds is 5. The maximum atomic E-state index is 13.5. The third-order valence-corrected chi connectivity index (χ3v) is 9.15. The molecule has 7 nitrogen and oxygen atoms in total. The van der Waals surface area contributed by atoms with Crippen LogP contribution in [0.1, 0.15) is 12.8 Å². The Hall–Kier alpha value is -3.30. The molecular weight excluding hydrogens is 458 g/mol. The second-order valence-corrected chi connectivity index (χ2v) is 11.2. The molecule has 168 valence electrons. The molecule has 5 rings (SSSR count). The number of para-hydroxylation sites is 2. The van der Waals surface area contributed by atoms with Crippen LogP contribution in [0.2, 0.25) is 0 Å². The van der Waals surface area contributed by atoms with Gasteiger partial charge < -0.3 is 5.32 Å². The van der Waals surface area contributed by atoms with E-state index in [2.05, 4.69) is 5.32 Å². The van der Waals surface area contributed by atoms with Crippen molar-refractivity contribution in [1.29, 1.82) is 0 Å². The van der Waals surface area contributed by atoms with Gasteiger partial charge in [0.05, 0.1) is 16.3 Å². The van der Waals surface area contributed by atoms with Gasteiger partial charge in [0.25, 0.3) is 15.9 Å². The molecule has 33 heavy (non-hydrogen) atoms. The maximum Gasteiger partial charge on any atom is 0.264 e. The van der Waals surface area contributed by atoms with Gasteiger partial charge in [0.2, 0.25) is 5.91 Å². The van der Waals surface area contributed by atoms with Crippen LogP contribution in [0.3, 0.4) is 0 Å². The Morgan fingerprint density at radius 1 is 1.03 bits per heavy atom. The summed E-state index contributed by atoms with van der Waals surface area (Å²) in [5.74, 6) is -0.441. The van der Waals surface area contributed by atoms with E-state index >= 15 is 0 Å². The van der Waals surface area contributed by atoms with E-state index in [4.69, 9.17) is 0 Å². The molecule has 0 aliphatic carbocycles. The maximum absolute atomic E-state index is 13.5. The van der Waals surface area contributed by atoms with Crippen molar-refractivity contribution in [2.45, 2.75) is 27.5 Å². The molecule has 0 saturated carbocycles. The lowest BCUT2D eigenvalue weighted by atomic mass is 10.1. The van der Waals surface area contributed by atoms with Gasteiger partial charge in [0.1, 0.15) is 0 Å². The number of amides is 2. The first-order valence-corrected chi connectivity index (χ1v) is 12.7. The SMILES string of the molecule is CN(c1ccccc1)S(=O)(=O)c1cccc(NC(=O)C23CCC(=O)N2c2ccccc2S3)c1. The van der Waals surface area contributed by atoms with E-state index in [1.54, 1.807) is 41.3 Å². The fourth-order valence-corrected chi connectivity index (χ4v) is 6.85. The second-order valence-electron chi connectivity index (χ2n) is 7.87. The van der Waals surface area contributed by atoms with Gasteiger partial charge in [-0.25, -0.2) is 8.42 Å². The van der Waals surface area contributed by atoms with Crippen molar-refractivity contribution < 1.29 is 18.0 Å². The lowest BCUT2D eigenvalue weighted by Gasteiger charge is -2.29. The number of fused-ring (bicyclic) bond motifs is 3. The molecule has 3 aromatic rings. The molecular formula is C24H21N3O4S2. The molecule has 1 saturated heterocycles. The molecule has 0 aromatic heterocycles. The Bertz CT molecular complexity index is 1360. The van der Waals surface area contributed by atoms with Crippen LogP contribution in [-0.4, -0.2) is 32.2 Å². The topological polar surface area (TPSA) is 86.8 Å². The van der Waals surface area contributed by atoms with Gasteiger partial charge in [-0.05, 0) is 48.9 Å². The predicted molar refractivity (Wildman–Crippen MR) is 129 cm³/mol. The molecule has 2 aliphatic heterocycles. The molecule has 0 bridgehead atoms. The van der Waals surface area contributed by atoms with Gasteiger partial charge in [-0.2, -0.15) is 0 Å². The van der Waals surface area contributed by atoms with Crippen LogP contribution in [0.4, 0.5) is 17.1 Å². The average Bonchev–Trinajstić information content (AvgIpc) is 3.35. The van der Waals surface area contributed by atoms with Crippen LogP contribution >= 0.6 is 11.8 Å². The Balaban J connectivity index is 1.43. The minimum absolute atomic E-state index is 0.0610. The molecule has 9 heteroatoms. The highest BCUT2D eigenvalue weighted by Gasteiger charge is 2.57. The molecule has 2 heterocycles. The van der Waals surface area contributed by atoms with Gasteiger partial charge in [0, 0.05) is 24.1 Å². The molecule has 3 aromatic carbocycles. The lowest BCUT2D eigenvalue weighted by molar-refractivity contribution is -0.121. The van der Waals surface area contributed by atoms with E-state index in [-0.39, 0.29) is 23.1 Å². The predicted octanol–water partition coefficient (Wildman–Crippen LogP) is 4.08. The molecule has 2 amide bonds. The number of hydrogen-bond donors (Lipinski definition) is 1. The third kappa shape index (κ3) is 3.48. The van der Waals surface area contributed by atoms with Crippen molar-refractivity contribution in [2.24, 2.45) is 0 Å². The first kappa shape index (κ1) is 21.5. The number of benzene rings is 3. The zero-order valence-electron chi connectivity index (χ0n) is 17.8. The zero-order valence-corrected chi connectivity index (χ0v) is 19.4.